The Balaban J connectivity index is 1.38. The first-order chi connectivity index (χ1) is 13.2. The molecule has 1 N–H and O–H groups in total. The molecule has 3 rings (SSSR count). The summed E-state index contributed by atoms with van der Waals surface area (Å²) < 4.78 is 5.21. The van der Waals surface area contributed by atoms with E-state index >= 15 is 0 Å². The van der Waals surface area contributed by atoms with Gasteiger partial charge in [-0.1, -0.05) is 31.4 Å². The lowest BCUT2D eigenvalue weighted by molar-refractivity contribution is -0.138. The molecule has 0 bridgehead atoms. The first-order valence-electron chi connectivity index (χ1n) is 10.3. The highest BCUT2D eigenvalue weighted by molar-refractivity contribution is 5.79. The third-order valence-corrected chi connectivity index (χ3v) is 5.98. The van der Waals surface area contributed by atoms with E-state index in [1.807, 2.05) is 29.2 Å². The molecule has 5 nitrogen and oxygen atoms in total. The quantitative estimate of drug-likeness (QED) is 0.831. The number of methoxy groups -OCH3 is 1. The molecule has 0 spiro atoms. The van der Waals surface area contributed by atoms with E-state index in [9.17, 15) is 9.59 Å². The largest absolute Gasteiger partial charge is 0.497 e. The van der Waals surface area contributed by atoms with Crippen LogP contribution in [0.2, 0.25) is 0 Å². The molecule has 0 aromatic heterocycles. The van der Waals surface area contributed by atoms with E-state index in [0.29, 0.717) is 24.8 Å². The van der Waals surface area contributed by atoms with Crippen LogP contribution >= 0.6 is 0 Å². The minimum absolute atomic E-state index is 0.0925. The van der Waals surface area contributed by atoms with Crippen LogP contribution in [0.4, 0.5) is 0 Å². The molecule has 2 amide bonds. The first-order valence-corrected chi connectivity index (χ1v) is 10.3. The van der Waals surface area contributed by atoms with Crippen LogP contribution in [0.25, 0.3) is 0 Å². The number of likely N-dealkylation sites (tertiary alicyclic amines) is 1. The molecule has 1 aromatic rings. The smallest absolute Gasteiger partial charge is 0.225 e. The van der Waals surface area contributed by atoms with Crippen LogP contribution in [0, 0.1) is 11.8 Å². The van der Waals surface area contributed by atoms with Crippen LogP contribution < -0.4 is 10.1 Å². The number of rotatable bonds is 6. The minimum atomic E-state index is 0.0925. The van der Waals surface area contributed by atoms with Gasteiger partial charge in [0.1, 0.15) is 5.75 Å². The van der Waals surface area contributed by atoms with Crippen molar-refractivity contribution in [3.63, 3.8) is 0 Å². The number of nitrogens with zero attached hydrogens (tertiary/aromatic N) is 1. The van der Waals surface area contributed by atoms with E-state index in [-0.39, 0.29) is 11.8 Å². The van der Waals surface area contributed by atoms with E-state index in [2.05, 4.69) is 5.32 Å². The standard InChI is InChI=1S/C22H32N2O3/c1-27-20-9-5-6-18(14-20)16-23-21(25)15-17-10-12-24(13-11-17)22(26)19-7-3-2-4-8-19/h5-6,9,14,17,19H,2-4,7-8,10-13,15-16H2,1H3,(H,23,25). The summed E-state index contributed by atoms with van der Waals surface area (Å²) in [6.07, 6.45) is 8.21. The number of ether oxygens (including phenoxy) is 1. The Morgan fingerprint density at radius 3 is 2.56 bits per heavy atom. The number of amides is 2. The maximum Gasteiger partial charge on any atom is 0.225 e. The Hall–Kier alpha value is -2.04. The predicted molar refractivity (Wildman–Crippen MR) is 105 cm³/mol. The Morgan fingerprint density at radius 2 is 1.85 bits per heavy atom. The van der Waals surface area contributed by atoms with Gasteiger partial charge in [0.2, 0.25) is 11.8 Å². The number of carbonyl (C=O) groups excluding carboxylic acids is 2. The maximum absolute atomic E-state index is 12.6. The lowest BCUT2D eigenvalue weighted by atomic mass is 9.87. The maximum atomic E-state index is 12.6. The zero-order valence-corrected chi connectivity index (χ0v) is 16.4. The van der Waals surface area contributed by atoms with E-state index in [1.165, 1.54) is 19.3 Å². The van der Waals surface area contributed by atoms with Gasteiger partial charge in [0, 0.05) is 32.0 Å². The van der Waals surface area contributed by atoms with Crippen molar-refractivity contribution in [2.75, 3.05) is 20.2 Å². The number of hydrogen-bond donors (Lipinski definition) is 1. The monoisotopic (exact) mass is 372 g/mol. The summed E-state index contributed by atoms with van der Waals surface area (Å²) in [4.78, 5) is 27.0. The molecule has 1 saturated carbocycles. The second-order valence-corrected chi connectivity index (χ2v) is 7.94. The van der Waals surface area contributed by atoms with Crippen LogP contribution in [0.5, 0.6) is 5.75 Å². The number of piperidine rings is 1. The SMILES string of the molecule is COc1cccc(CNC(=O)CC2CCN(C(=O)C3CCCCC3)CC2)c1. The van der Waals surface area contributed by atoms with Gasteiger partial charge in [-0.3, -0.25) is 9.59 Å². The van der Waals surface area contributed by atoms with Gasteiger partial charge in [0.05, 0.1) is 7.11 Å². The van der Waals surface area contributed by atoms with E-state index in [0.717, 1.165) is 50.1 Å². The molecule has 27 heavy (non-hydrogen) atoms. The van der Waals surface area contributed by atoms with Crippen LogP contribution in [0.3, 0.4) is 0 Å². The molecule has 0 unspecified atom stereocenters. The molecule has 1 aromatic carbocycles. The van der Waals surface area contributed by atoms with Gasteiger partial charge in [-0.25, -0.2) is 0 Å². The molecule has 1 heterocycles. The molecule has 2 aliphatic rings. The zero-order valence-electron chi connectivity index (χ0n) is 16.4. The highest BCUT2D eigenvalue weighted by Crippen LogP contribution is 2.28. The summed E-state index contributed by atoms with van der Waals surface area (Å²) >= 11 is 0. The van der Waals surface area contributed by atoms with Crippen molar-refractivity contribution in [3.8, 4) is 5.75 Å². The fourth-order valence-corrected chi connectivity index (χ4v) is 4.28. The lowest BCUT2D eigenvalue weighted by Gasteiger charge is -2.35. The van der Waals surface area contributed by atoms with E-state index in [4.69, 9.17) is 4.74 Å². The molecule has 1 saturated heterocycles. The number of hydrogen-bond acceptors (Lipinski definition) is 3. The summed E-state index contributed by atoms with van der Waals surface area (Å²) in [6, 6.07) is 7.75. The van der Waals surface area contributed by atoms with Crippen molar-refractivity contribution in [1.82, 2.24) is 10.2 Å². The fraction of sp³-hybridized carbons (Fsp3) is 0.636. The van der Waals surface area contributed by atoms with Gasteiger partial charge in [-0.05, 0) is 49.3 Å². The Bertz CT molecular complexity index is 632. The average molecular weight is 373 g/mol. The average Bonchev–Trinajstić information content (AvgIpc) is 2.73. The summed E-state index contributed by atoms with van der Waals surface area (Å²) in [7, 11) is 1.64. The van der Waals surface area contributed by atoms with Crippen molar-refractivity contribution in [2.45, 2.75) is 57.9 Å². The third-order valence-electron chi connectivity index (χ3n) is 5.98. The highest BCUT2D eigenvalue weighted by Gasteiger charge is 2.29. The molecule has 148 valence electrons. The minimum Gasteiger partial charge on any atom is -0.497 e. The van der Waals surface area contributed by atoms with Crippen molar-refractivity contribution in [1.29, 1.82) is 0 Å². The molecule has 1 aliphatic carbocycles. The number of benzene rings is 1. The van der Waals surface area contributed by atoms with Gasteiger partial charge < -0.3 is 15.0 Å². The van der Waals surface area contributed by atoms with Gasteiger partial charge in [0.25, 0.3) is 0 Å². The molecule has 5 heteroatoms. The van der Waals surface area contributed by atoms with E-state index in [1.54, 1.807) is 7.11 Å². The Morgan fingerprint density at radius 1 is 1.11 bits per heavy atom. The highest BCUT2D eigenvalue weighted by atomic mass is 16.5. The summed E-state index contributed by atoms with van der Waals surface area (Å²) in [5.41, 5.74) is 1.04. The topological polar surface area (TPSA) is 58.6 Å². The van der Waals surface area contributed by atoms with Crippen molar-refractivity contribution in [2.24, 2.45) is 11.8 Å². The van der Waals surface area contributed by atoms with Gasteiger partial charge in [-0.15, -0.1) is 0 Å². The lowest BCUT2D eigenvalue weighted by Crippen LogP contribution is -2.43. The Kier molecular flexibility index (Phi) is 7.13. The molecular weight excluding hydrogens is 340 g/mol. The molecule has 1 aliphatic heterocycles. The summed E-state index contributed by atoms with van der Waals surface area (Å²) in [6.45, 7) is 2.14. The van der Waals surface area contributed by atoms with Crippen LogP contribution in [0.1, 0.15) is 56.9 Å². The van der Waals surface area contributed by atoms with Crippen molar-refractivity contribution < 1.29 is 14.3 Å². The van der Waals surface area contributed by atoms with Crippen LogP contribution in [-0.4, -0.2) is 36.9 Å². The molecule has 2 fully saturated rings. The van der Waals surface area contributed by atoms with Gasteiger partial charge in [-0.2, -0.15) is 0 Å². The zero-order chi connectivity index (χ0) is 19.1. The predicted octanol–water partition coefficient (Wildman–Crippen LogP) is 3.52. The number of carbonyl (C=O) groups is 2. The van der Waals surface area contributed by atoms with Crippen molar-refractivity contribution >= 4 is 11.8 Å². The normalized spacial score (nSPS) is 18.9. The summed E-state index contributed by atoms with van der Waals surface area (Å²) in [5.74, 6) is 1.88. The van der Waals surface area contributed by atoms with Gasteiger partial charge >= 0.3 is 0 Å². The first kappa shape index (κ1) is 19.7. The molecule has 0 radical (unpaired) electrons. The molecular formula is C22H32N2O3. The molecule has 0 atom stereocenters. The van der Waals surface area contributed by atoms with Gasteiger partial charge in [0.15, 0.2) is 0 Å². The third kappa shape index (κ3) is 5.72. The Labute approximate surface area is 162 Å². The fourth-order valence-electron chi connectivity index (χ4n) is 4.28. The van der Waals surface area contributed by atoms with Crippen LogP contribution in [-0.2, 0) is 16.1 Å². The van der Waals surface area contributed by atoms with E-state index < -0.39 is 0 Å². The second kappa shape index (κ2) is 9.77. The number of nitrogens with one attached hydrogen (secondary N) is 1. The second-order valence-electron chi connectivity index (χ2n) is 7.94. The van der Waals surface area contributed by atoms with Crippen molar-refractivity contribution in [3.05, 3.63) is 29.8 Å². The van der Waals surface area contributed by atoms with Crippen LogP contribution in [0.15, 0.2) is 24.3 Å². The summed E-state index contributed by atoms with van der Waals surface area (Å²) in [5, 5.41) is 3.01.